The average Bonchev–Trinajstić information content (AvgIpc) is 2.98. The van der Waals surface area contributed by atoms with Gasteiger partial charge >= 0.3 is 0 Å². The number of hydrogen-bond acceptors (Lipinski definition) is 4. The predicted molar refractivity (Wildman–Crippen MR) is 87.6 cm³/mol. The van der Waals surface area contributed by atoms with E-state index in [1.807, 2.05) is 25.1 Å². The number of nitrogens with two attached hydrogens (primary N) is 1. The number of aliphatic hydroxyl groups is 1. The van der Waals surface area contributed by atoms with Crippen molar-refractivity contribution in [3.8, 4) is 0 Å². The normalized spacial score (nSPS) is 15.7. The van der Waals surface area contributed by atoms with E-state index in [4.69, 9.17) is 5.73 Å². The van der Waals surface area contributed by atoms with Gasteiger partial charge in [-0.3, -0.25) is 4.98 Å². The topological polar surface area (TPSA) is 62.4 Å². The van der Waals surface area contributed by atoms with Crippen molar-refractivity contribution >= 4 is 22.3 Å². The molecule has 1 aliphatic rings. The molecule has 112 valence electrons. The fourth-order valence-corrected chi connectivity index (χ4v) is 3.42. The number of anilines is 2. The number of rotatable bonds is 4. The van der Waals surface area contributed by atoms with Crippen LogP contribution in [0.5, 0.6) is 0 Å². The molecule has 1 aromatic heterocycles. The van der Waals surface area contributed by atoms with Crippen LogP contribution in [0.15, 0.2) is 24.3 Å². The van der Waals surface area contributed by atoms with Gasteiger partial charge in [-0.05, 0) is 44.0 Å². The maximum atomic E-state index is 9.47. The van der Waals surface area contributed by atoms with E-state index in [0.29, 0.717) is 12.6 Å². The van der Waals surface area contributed by atoms with Gasteiger partial charge in [-0.15, -0.1) is 0 Å². The highest BCUT2D eigenvalue weighted by Crippen LogP contribution is 2.33. The van der Waals surface area contributed by atoms with Crippen molar-refractivity contribution in [3.63, 3.8) is 0 Å². The zero-order valence-electron chi connectivity index (χ0n) is 12.5. The Balaban J connectivity index is 2.12. The summed E-state index contributed by atoms with van der Waals surface area (Å²) in [5.41, 5.74) is 9.85. The lowest BCUT2D eigenvalue weighted by Crippen LogP contribution is -2.36. The molecule has 0 saturated heterocycles. The highest BCUT2D eigenvalue weighted by Gasteiger charge is 2.24. The van der Waals surface area contributed by atoms with Gasteiger partial charge in [-0.25, -0.2) is 0 Å². The van der Waals surface area contributed by atoms with Crippen molar-refractivity contribution < 1.29 is 5.11 Å². The minimum atomic E-state index is 0.168. The maximum absolute atomic E-state index is 9.47. The molecular formula is C17H23N3O. The molecule has 1 fully saturated rings. The Labute approximate surface area is 125 Å². The summed E-state index contributed by atoms with van der Waals surface area (Å²) in [5.74, 6) is 0. The van der Waals surface area contributed by atoms with Gasteiger partial charge in [0.25, 0.3) is 0 Å². The number of benzene rings is 1. The van der Waals surface area contributed by atoms with Crippen LogP contribution in [0.3, 0.4) is 0 Å². The fourth-order valence-electron chi connectivity index (χ4n) is 3.42. The molecule has 4 nitrogen and oxygen atoms in total. The summed E-state index contributed by atoms with van der Waals surface area (Å²) >= 11 is 0. The molecule has 1 aliphatic carbocycles. The van der Waals surface area contributed by atoms with Crippen LogP contribution >= 0.6 is 0 Å². The number of aryl methyl sites for hydroxylation is 1. The Morgan fingerprint density at radius 1 is 1.29 bits per heavy atom. The van der Waals surface area contributed by atoms with E-state index in [9.17, 15) is 5.11 Å². The largest absolute Gasteiger partial charge is 0.399 e. The highest BCUT2D eigenvalue weighted by atomic mass is 16.3. The summed E-state index contributed by atoms with van der Waals surface area (Å²) in [4.78, 5) is 6.95. The fraction of sp³-hybridized carbons (Fsp3) is 0.471. The molecule has 1 saturated carbocycles. The summed E-state index contributed by atoms with van der Waals surface area (Å²) in [5, 5.41) is 10.6. The van der Waals surface area contributed by atoms with Crippen LogP contribution in [-0.4, -0.2) is 29.3 Å². The zero-order chi connectivity index (χ0) is 14.8. The number of hydrogen-bond donors (Lipinski definition) is 2. The number of aromatic nitrogens is 1. The lowest BCUT2D eigenvalue weighted by Gasteiger charge is -2.32. The Morgan fingerprint density at radius 3 is 2.76 bits per heavy atom. The van der Waals surface area contributed by atoms with Gasteiger partial charge < -0.3 is 15.7 Å². The third kappa shape index (κ3) is 2.81. The van der Waals surface area contributed by atoms with Gasteiger partial charge in [-0.2, -0.15) is 0 Å². The van der Waals surface area contributed by atoms with E-state index in [2.05, 4.69) is 16.0 Å². The number of aliphatic hydroxyl groups excluding tert-OH is 1. The molecule has 21 heavy (non-hydrogen) atoms. The summed E-state index contributed by atoms with van der Waals surface area (Å²) < 4.78 is 0. The Bertz CT molecular complexity index is 635. The van der Waals surface area contributed by atoms with E-state index < -0.39 is 0 Å². The van der Waals surface area contributed by atoms with Crippen LogP contribution in [0.25, 0.3) is 10.9 Å². The molecule has 3 N–H and O–H groups in total. The second-order valence-corrected chi connectivity index (χ2v) is 5.91. The van der Waals surface area contributed by atoms with Gasteiger partial charge in [0, 0.05) is 35.0 Å². The zero-order valence-corrected chi connectivity index (χ0v) is 12.5. The first-order chi connectivity index (χ1) is 10.2. The lowest BCUT2D eigenvalue weighted by molar-refractivity contribution is 0.297. The van der Waals surface area contributed by atoms with Gasteiger partial charge in [0.15, 0.2) is 0 Å². The van der Waals surface area contributed by atoms with E-state index >= 15 is 0 Å². The maximum Gasteiger partial charge on any atom is 0.0727 e. The minimum Gasteiger partial charge on any atom is -0.399 e. The van der Waals surface area contributed by atoms with Crippen molar-refractivity contribution in [1.29, 1.82) is 0 Å². The summed E-state index contributed by atoms with van der Waals surface area (Å²) in [6.07, 6.45) is 4.95. The molecular weight excluding hydrogens is 262 g/mol. The van der Waals surface area contributed by atoms with Gasteiger partial charge in [0.2, 0.25) is 0 Å². The molecule has 0 bridgehead atoms. The van der Waals surface area contributed by atoms with Crippen LogP contribution < -0.4 is 10.6 Å². The van der Waals surface area contributed by atoms with E-state index in [0.717, 1.165) is 28.0 Å². The average molecular weight is 285 g/mol. The molecule has 3 rings (SSSR count). The molecule has 0 amide bonds. The smallest absolute Gasteiger partial charge is 0.0727 e. The van der Waals surface area contributed by atoms with Gasteiger partial charge in [-0.1, -0.05) is 12.8 Å². The Morgan fingerprint density at radius 2 is 2.05 bits per heavy atom. The van der Waals surface area contributed by atoms with Crippen LogP contribution in [0.2, 0.25) is 0 Å². The Kier molecular flexibility index (Phi) is 3.97. The van der Waals surface area contributed by atoms with Crippen molar-refractivity contribution in [1.82, 2.24) is 4.98 Å². The van der Waals surface area contributed by atoms with Crippen LogP contribution in [0, 0.1) is 6.92 Å². The number of pyridine rings is 1. The van der Waals surface area contributed by atoms with E-state index in [-0.39, 0.29) is 6.61 Å². The monoisotopic (exact) mass is 285 g/mol. The molecule has 0 unspecified atom stereocenters. The quantitative estimate of drug-likeness (QED) is 0.848. The minimum absolute atomic E-state index is 0.168. The third-order valence-corrected chi connectivity index (χ3v) is 4.35. The van der Waals surface area contributed by atoms with E-state index in [1.54, 1.807) is 0 Å². The number of fused-ring (bicyclic) bond motifs is 1. The molecule has 0 radical (unpaired) electrons. The Hall–Kier alpha value is -1.81. The highest BCUT2D eigenvalue weighted by molar-refractivity contribution is 5.94. The van der Waals surface area contributed by atoms with Gasteiger partial charge in [0.1, 0.15) is 0 Å². The van der Waals surface area contributed by atoms with Crippen molar-refractivity contribution in [3.05, 3.63) is 30.0 Å². The number of nitrogen functional groups attached to an aromatic ring is 1. The van der Waals surface area contributed by atoms with Crippen LogP contribution in [0.4, 0.5) is 11.4 Å². The van der Waals surface area contributed by atoms with Crippen molar-refractivity contribution in [2.45, 2.75) is 38.6 Å². The summed E-state index contributed by atoms with van der Waals surface area (Å²) in [6, 6.07) is 8.51. The van der Waals surface area contributed by atoms with Crippen LogP contribution in [-0.2, 0) is 0 Å². The molecule has 0 atom stereocenters. The lowest BCUT2D eigenvalue weighted by atomic mass is 10.1. The standard InChI is InChI=1S/C17H23N3O/c1-12-10-17(15-11-13(18)6-7-16(15)19-12)20(8-9-21)14-4-2-3-5-14/h6-7,10-11,14,21H,2-5,8-9,18H2,1H3. The molecule has 2 aromatic rings. The summed E-state index contributed by atoms with van der Waals surface area (Å²) in [6.45, 7) is 2.85. The summed E-state index contributed by atoms with van der Waals surface area (Å²) in [7, 11) is 0. The molecule has 1 aromatic carbocycles. The van der Waals surface area contributed by atoms with Gasteiger partial charge in [0.05, 0.1) is 12.1 Å². The van der Waals surface area contributed by atoms with Crippen LogP contribution in [0.1, 0.15) is 31.4 Å². The molecule has 1 heterocycles. The molecule has 0 aliphatic heterocycles. The first kappa shape index (κ1) is 14.1. The van der Waals surface area contributed by atoms with Crippen molar-refractivity contribution in [2.75, 3.05) is 23.8 Å². The molecule has 0 spiro atoms. The first-order valence-electron chi connectivity index (χ1n) is 7.73. The van der Waals surface area contributed by atoms with Crippen molar-refractivity contribution in [2.24, 2.45) is 0 Å². The van der Waals surface area contributed by atoms with E-state index in [1.165, 1.54) is 25.7 Å². The SMILES string of the molecule is Cc1cc(N(CCO)C2CCCC2)c2cc(N)ccc2n1. The first-order valence-corrected chi connectivity index (χ1v) is 7.73. The molecule has 4 heteroatoms. The third-order valence-electron chi connectivity index (χ3n) is 4.35. The number of nitrogens with zero attached hydrogens (tertiary/aromatic N) is 2. The second-order valence-electron chi connectivity index (χ2n) is 5.91. The second kappa shape index (κ2) is 5.90. The predicted octanol–water partition coefficient (Wildman–Crippen LogP) is 2.87.